The van der Waals surface area contributed by atoms with E-state index >= 15 is 0 Å². The van der Waals surface area contributed by atoms with Crippen LogP contribution in [0.2, 0.25) is 0 Å². The van der Waals surface area contributed by atoms with Gasteiger partial charge in [-0.3, -0.25) is 4.55 Å². The zero-order chi connectivity index (χ0) is 67.7. The normalized spacial score (nSPS) is 13.5. The molecule has 0 saturated carbocycles. The molecule has 0 amide bonds. The van der Waals surface area contributed by atoms with E-state index in [1.807, 2.05) is 0 Å². The van der Waals surface area contributed by atoms with Crippen LogP contribution in [0, 0.1) is 13.8 Å². The van der Waals surface area contributed by atoms with Gasteiger partial charge in [-0.25, -0.2) is 10.5 Å². The molecule has 494 valence electrons. The van der Waals surface area contributed by atoms with Gasteiger partial charge in [0.15, 0.2) is 0 Å². The zero-order valence-electron chi connectivity index (χ0n) is 53.7. The van der Waals surface area contributed by atoms with Gasteiger partial charge in [0.25, 0.3) is 10.1 Å². The van der Waals surface area contributed by atoms with Gasteiger partial charge in [0.05, 0.1) is 50.5 Å². The maximum atomic E-state index is 12.1. The van der Waals surface area contributed by atoms with Gasteiger partial charge in [0, 0.05) is 58.4 Å². The monoisotopic (exact) mass is 1470 g/mol. The standard InChI is InChI=1S/C36H35NO3S.C22H21Br2N.C16H16B2O10S2/c1-5-27(4)28-12-19-33(20-13-28)37(32-17-8-26(3)9-18-32)34-21-14-29(15-22-34)31-16-23-35(36(24-31)41-40-39-38)30-10-6-25(2)7-11-30;1-3-16(2)17-4-10-20(11-5-17)25(21-12-6-18(23)7-13-21)22-14-8-19(24)9-15-22;19-27-28-29-15-9-11(17-23-5-6-24-17)1-3-13(15)14-4-2-12(18-25-7-8-26-18)10-16(14)30(20,21)22/h6-24,27,38H,5H2,1-4H3;4-16H,3H2,1-2H3;1-4,9-10,19H,5-8H2,(H,20,21,22). The second-order valence-corrected chi connectivity index (χ2v) is 27.7. The molecule has 2 unspecified atom stereocenters. The fourth-order valence-corrected chi connectivity index (χ4v) is 13.4. The number of hydrogen-bond donors (Lipinski definition) is 3. The minimum absolute atomic E-state index is 0.211. The van der Waals surface area contributed by atoms with Crippen molar-refractivity contribution >= 4 is 125 Å². The first-order chi connectivity index (χ1) is 46.5. The molecule has 3 N–H and O–H groups in total. The molecule has 2 fully saturated rings. The molecular weight excluding hydrogens is 1400 g/mol. The van der Waals surface area contributed by atoms with Crippen LogP contribution in [-0.2, 0) is 47.5 Å². The summed E-state index contributed by atoms with van der Waals surface area (Å²) in [6, 6.07) is 76.0. The minimum atomic E-state index is -4.59. The molecular formula is C74H72B2Br2N2O13S3. The van der Waals surface area contributed by atoms with Crippen molar-refractivity contribution in [2.45, 2.75) is 80.9 Å². The number of benzene rings is 10. The highest BCUT2D eigenvalue weighted by molar-refractivity contribution is 9.10. The van der Waals surface area contributed by atoms with Crippen LogP contribution in [0.15, 0.2) is 248 Å². The van der Waals surface area contributed by atoms with E-state index in [1.165, 1.54) is 34.4 Å². The van der Waals surface area contributed by atoms with Crippen molar-refractivity contribution in [1.82, 2.24) is 0 Å². The molecule has 0 radical (unpaired) electrons. The highest BCUT2D eigenvalue weighted by Gasteiger charge is 2.31. The third kappa shape index (κ3) is 18.6. The fourth-order valence-electron chi connectivity index (χ4n) is 11.0. The van der Waals surface area contributed by atoms with Gasteiger partial charge in [0.1, 0.15) is 4.90 Å². The van der Waals surface area contributed by atoms with Gasteiger partial charge in [-0.1, -0.05) is 190 Å². The van der Waals surface area contributed by atoms with Crippen LogP contribution in [0.25, 0.3) is 33.4 Å². The van der Waals surface area contributed by atoms with Crippen LogP contribution < -0.4 is 20.7 Å². The first-order valence-corrected chi connectivity index (χ1v) is 35.7. The van der Waals surface area contributed by atoms with Gasteiger partial charge < -0.3 is 28.4 Å². The molecule has 2 heterocycles. The Bertz CT molecular complexity index is 4210. The van der Waals surface area contributed by atoms with E-state index in [9.17, 15) is 13.0 Å². The third-order valence-corrected chi connectivity index (χ3v) is 19.8. The summed E-state index contributed by atoms with van der Waals surface area (Å²) >= 11 is 8.69. The lowest BCUT2D eigenvalue weighted by atomic mass is 9.77. The summed E-state index contributed by atoms with van der Waals surface area (Å²) in [5.41, 5.74) is 17.8. The van der Waals surface area contributed by atoms with E-state index in [0.29, 0.717) is 71.7 Å². The molecule has 0 aromatic heterocycles. The van der Waals surface area contributed by atoms with Crippen LogP contribution >= 0.6 is 55.9 Å². The Morgan fingerprint density at radius 2 is 0.792 bits per heavy atom. The minimum Gasteiger partial charge on any atom is -0.405 e. The van der Waals surface area contributed by atoms with Gasteiger partial charge in [-0.15, -0.1) is 8.67 Å². The Kier molecular flexibility index (Phi) is 25.9. The molecule has 0 aliphatic carbocycles. The number of aryl methyl sites for hydroxylation is 2. The molecule has 15 nitrogen and oxygen atoms in total. The molecule has 0 spiro atoms. The average Bonchev–Trinajstić information content (AvgIpc) is 0.957. The first kappa shape index (κ1) is 71.9. The molecule has 2 atom stereocenters. The predicted molar refractivity (Wildman–Crippen MR) is 393 cm³/mol. The highest BCUT2D eigenvalue weighted by Crippen LogP contribution is 2.42. The molecule has 96 heavy (non-hydrogen) atoms. The quantitative estimate of drug-likeness (QED) is 0.0192. The van der Waals surface area contributed by atoms with Gasteiger partial charge in [-0.2, -0.15) is 8.42 Å². The SMILES string of the molecule is CCC(C)c1ccc(N(c2ccc(Br)cc2)c2ccc(Br)cc2)cc1.CCC(C)c1ccc(N(c2ccc(C)cc2)c2ccc(-c3ccc(-c4ccc(C)cc4)c(SOOO)c3)cc2)cc1.O=S(=O)(O)c1cc(B2OCCO2)ccc1-c1ccc(B2OCCO2)cc1SOOO. The van der Waals surface area contributed by atoms with E-state index in [-0.39, 0.29) is 10.5 Å². The number of rotatable bonds is 22. The lowest BCUT2D eigenvalue weighted by molar-refractivity contribution is -0.432. The smallest absolute Gasteiger partial charge is 0.405 e. The van der Waals surface area contributed by atoms with Crippen molar-refractivity contribution in [2.75, 3.05) is 36.2 Å². The van der Waals surface area contributed by atoms with Crippen LogP contribution in [0.5, 0.6) is 0 Å². The number of nitrogens with zero attached hydrogens (tertiary/aromatic N) is 2. The van der Waals surface area contributed by atoms with Gasteiger partial charge in [0.2, 0.25) is 0 Å². The maximum absolute atomic E-state index is 12.1. The fraction of sp³-hybridized carbons (Fsp3) is 0.189. The predicted octanol–water partition coefficient (Wildman–Crippen LogP) is 19.8. The molecule has 0 bridgehead atoms. The van der Waals surface area contributed by atoms with Crippen LogP contribution in [0.3, 0.4) is 0 Å². The van der Waals surface area contributed by atoms with Crippen LogP contribution in [0.4, 0.5) is 34.1 Å². The third-order valence-electron chi connectivity index (χ3n) is 16.6. The first-order valence-electron chi connectivity index (χ1n) is 31.2. The summed E-state index contributed by atoms with van der Waals surface area (Å²) in [4.78, 5) is 5.47. The van der Waals surface area contributed by atoms with Crippen molar-refractivity contribution in [2.24, 2.45) is 0 Å². The summed E-state index contributed by atoms with van der Waals surface area (Å²) in [6.07, 6.45) is 2.27. The van der Waals surface area contributed by atoms with Crippen molar-refractivity contribution < 1.29 is 60.8 Å². The topological polar surface area (TPSA) is 175 Å². The Labute approximate surface area is 588 Å². The average molecular weight is 1480 g/mol. The second-order valence-electron chi connectivity index (χ2n) is 23.0. The Hall–Kier alpha value is -6.90. The lowest BCUT2D eigenvalue weighted by Crippen LogP contribution is -2.32. The van der Waals surface area contributed by atoms with E-state index in [0.717, 1.165) is 95.1 Å². The molecule has 22 heteroatoms. The van der Waals surface area contributed by atoms with E-state index in [4.69, 9.17) is 33.5 Å². The van der Waals surface area contributed by atoms with E-state index in [2.05, 4.69) is 286 Å². The molecule has 10 aromatic rings. The molecule has 2 aliphatic heterocycles. The van der Waals surface area contributed by atoms with E-state index < -0.39 is 24.4 Å². The maximum Gasteiger partial charge on any atom is 0.494 e. The van der Waals surface area contributed by atoms with Crippen LogP contribution in [-0.4, -0.2) is 64.1 Å². The molecule has 10 aromatic carbocycles. The highest BCUT2D eigenvalue weighted by atomic mass is 79.9. The Morgan fingerprint density at radius 1 is 0.448 bits per heavy atom. The molecule has 2 saturated heterocycles. The molecule has 12 rings (SSSR count). The number of anilines is 6. The van der Waals surface area contributed by atoms with Gasteiger partial charge >= 0.3 is 14.2 Å². The van der Waals surface area contributed by atoms with Crippen molar-refractivity contribution in [3.8, 4) is 33.4 Å². The Morgan fingerprint density at radius 3 is 1.21 bits per heavy atom. The second kappa shape index (κ2) is 34.5. The molecule has 2 aliphatic rings. The number of halogens is 2. The zero-order valence-corrected chi connectivity index (χ0v) is 59.3. The summed E-state index contributed by atoms with van der Waals surface area (Å²) in [5.74, 6) is 1.12. The van der Waals surface area contributed by atoms with Gasteiger partial charge in [-0.05, 0) is 204 Å². The summed E-state index contributed by atoms with van der Waals surface area (Å²) in [5, 5.41) is 25.0. The summed E-state index contributed by atoms with van der Waals surface area (Å²) in [6.45, 7) is 14.9. The lowest BCUT2D eigenvalue weighted by Gasteiger charge is -2.26. The van der Waals surface area contributed by atoms with Crippen molar-refractivity contribution in [3.05, 3.63) is 256 Å². The van der Waals surface area contributed by atoms with Crippen molar-refractivity contribution in [3.63, 3.8) is 0 Å². The van der Waals surface area contributed by atoms with Crippen LogP contribution in [0.1, 0.15) is 74.6 Å². The Balaban J connectivity index is 0.000000162. The van der Waals surface area contributed by atoms with E-state index in [1.54, 1.807) is 24.3 Å². The largest absolute Gasteiger partial charge is 0.494 e. The van der Waals surface area contributed by atoms with Crippen molar-refractivity contribution in [1.29, 1.82) is 0 Å². The number of hydrogen-bond acceptors (Lipinski definition) is 16. The summed E-state index contributed by atoms with van der Waals surface area (Å²) < 4.78 is 67.4. The summed E-state index contributed by atoms with van der Waals surface area (Å²) in [7, 11) is -5.87.